The molecule has 1 N–H and O–H groups in total. The number of benzene rings is 2. The first-order valence-electron chi connectivity index (χ1n) is 10.3. The van der Waals surface area contributed by atoms with E-state index in [4.69, 9.17) is 11.6 Å². The van der Waals surface area contributed by atoms with Gasteiger partial charge in [0.05, 0.1) is 0 Å². The van der Waals surface area contributed by atoms with E-state index in [1.807, 2.05) is 65.2 Å². The molecule has 0 aliphatic heterocycles. The minimum Gasteiger partial charge on any atom is -0.302 e. The molecule has 168 valence electrons. The lowest BCUT2D eigenvalue weighted by molar-refractivity contribution is -0.115. The minimum atomic E-state index is -0.0841. The molecule has 6 nitrogen and oxygen atoms in total. The van der Waals surface area contributed by atoms with Crippen molar-refractivity contribution in [2.75, 3.05) is 11.1 Å². The first-order chi connectivity index (χ1) is 16.1. The van der Waals surface area contributed by atoms with E-state index in [1.165, 1.54) is 23.1 Å². The predicted molar refractivity (Wildman–Crippen MR) is 136 cm³/mol. The molecule has 1 amide bonds. The smallest absolute Gasteiger partial charge is 0.226 e. The third kappa shape index (κ3) is 6.10. The van der Waals surface area contributed by atoms with Gasteiger partial charge in [-0.05, 0) is 11.6 Å². The molecule has 2 aromatic heterocycles. The number of allylic oxidation sites excluding steroid dienone is 1. The molecule has 0 spiro atoms. The molecule has 0 bridgehead atoms. The van der Waals surface area contributed by atoms with Gasteiger partial charge in [-0.25, -0.2) is 4.98 Å². The van der Waals surface area contributed by atoms with E-state index in [-0.39, 0.29) is 5.91 Å². The third-order valence-corrected chi connectivity index (χ3v) is 6.99. The van der Waals surface area contributed by atoms with Gasteiger partial charge in [-0.3, -0.25) is 9.36 Å². The summed E-state index contributed by atoms with van der Waals surface area (Å²) in [6.45, 7) is 4.43. The lowest BCUT2D eigenvalue weighted by Gasteiger charge is -2.07. The average Bonchev–Trinajstić information content (AvgIpc) is 3.43. The van der Waals surface area contributed by atoms with Gasteiger partial charge in [0.25, 0.3) is 0 Å². The number of carbonyl (C=O) groups is 1. The van der Waals surface area contributed by atoms with Gasteiger partial charge in [0.15, 0.2) is 16.1 Å². The fourth-order valence-electron chi connectivity index (χ4n) is 3.18. The van der Waals surface area contributed by atoms with Gasteiger partial charge < -0.3 is 5.32 Å². The summed E-state index contributed by atoms with van der Waals surface area (Å²) in [7, 11) is 0. The number of hydrogen-bond donors (Lipinski definition) is 1. The standard InChI is InChI=1S/C24H22ClN5OS2/c1-2-13-30-22(17-8-4-3-5-9-17)28-29-24(30)32-14-12-21(31)27-23-26-16-19(33-23)15-18-10-6-7-11-20(18)25/h2-11,16H,1,12-15H2,(H,26,27,31). The van der Waals surface area contributed by atoms with E-state index >= 15 is 0 Å². The van der Waals surface area contributed by atoms with Crippen molar-refractivity contribution in [2.45, 2.75) is 24.5 Å². The zero-order chi connectivity index (χ0) is 23.0. The number of thiazole rings is 1. The van der Waals surface area contributed by atoms with Crippen LogP contribution in [0.15, 0.2) is 78.6 Å². The number of rotatable bonds is 10. The molecule has 0 aliphatic rings. The molecule has 2 heterocycles. The molecule has 0 atom stereocenters. The highest BCUT2D eigenvalue weighted by molar-refractivity contribution is 7.99. The molecule has 9 heteroatoms. The molecule has 0 aliphatic carbocycles. The quantitative estimate of drug-likeness (QED) is 0.217. The van der Waals surface area contributed by atoms with Gasteiger partial charge in [0, 0.05) is 46.8 Å². The number of halogens is 1. The van der Waals surface area contributed by atoms with Crippen molar-refractivity contribution < 1.29 is 4.79 Å². The summed E-state index contributed by atoms with van der Waals surface area (Å²) < 4.78 is 2.01. The Hall–Kier alpha value is -2.94. The summed E-state index contributed by atoms with van der Waals surface area (Å²) in [5.74, 6) is 1.28. The molecule has 4 rings (SSSR count). The highest BCUT2D eigenvalue weighted by atomic mass is 35.5. The predicted octanol–water partition coefficient (Wildman–Crippen LogP) is 5.95. The maximum absolute atomic E-state index is 12.4. The van der Waals surface area contributed by atoms with Crippen LogP contribution in [0, 0.1) is 0 Å². The Morgan fingerprint density at radius 2 is 1.94 bits per heavy atom. The monoisotopic (exact) mass is 495 g/mol. The average molecular weight is 496 g/mol. The van der Waals surface area contributed by atoms with Crippen molar-refractivity contribution in [3.8, 4) is 11.4 Å². The first-order valence-corrected chi connectivity index (χ1v) is 12.5. The fraction of sp³-hybridized carbons (Fsp3) is 0.167. The molecule has 0 fully saturated rings. The highest BCUT2D eigenvalue weighted by Crippen LogP contribution is 2.26. The van der Waals surface area contributed by atoms with Crippen molar-refractivity contribution in [1.82, 2.24) is 19.7 Å². The van der Waals surface area contributed by atoms with Crippen molar-refractivity contribution in [2.24, 2.45) is 0 Å². The van der Waals surface area contributed by atoms with E-state index in [2.05, 4.69) is 27.1 Å². The second-order valence-corrected chi connectivity index (χ2v) is 9.70. The van der Waals surface area contributed by atoms with Crippen LogP contribution in [0.2, 0.25) is 5.02 Å². The normalized spacial score (nSPS) is 10.8. The summed E-state index contributed by atoms with van der Waals surface area (Å²) in [5, 5.41) is 13.6. The number of nitrogens with zero attached hydrogens (tertiary/aromatic N) is 4. The highest BCUT2D eigenvalue weighted by Gasteiger charge is 2.14. The van der Waals surface area contributed by atoms with E-state index in [9.17, 15) is 4.79 Å². The second-order valence-electron chi connectivity index (χ2n) is 7.12. The molecular formula is C24H22ClN5OS2. The van der Waals surface area contributed by atoms with Crippen LogP contribution < -0.4 is 5.32 Å². The number of hydrogen-bond acceptors (Lipinski definition) is 6. The zero-order valence-corrected chi connectivity index (χ0v) is 20.2. The van der Waals surface area contributed by atoms with Crippen molar-refractivity contribution in [3.63, 3.8) is 0 Å². The minimum absolute atomic E-state index is 0.0841. The lowest BCUT2D eigenvalue weighted by Crippen LogP contribution is -2.12. The Balaban J connectivity index is 1.31. The van der Waals surface area contributed by atoms with Crippen LogP contribution in [0.5, 0.6) is 0 Å². The Morgan fingerprint density at radius 3 is 2.73 bits per heavy atom. The maximum atomic E-state index is 12.4. The molecular weight excluding hydrogens is 474 g/mol. The largest absolute Gasteiger partial charge is 0.302 e. The van der Waals surface area contributed by atoms with E-state index in [0.717, 1.165) is 32.0 Å². The first kappa shape index (κ1) is 23.2. The Kier molecular flexibility index (Phi) is 7.93. The van der Waals surface area contributed by atoms with Crippen molar-refractivity contribution in [1.29, 1.82) is 0 Å². The maximum Gasteiger partial charge on any atom is 0.226 e. The van der Waals surface area contributed by atoms with Crippen LogP contribution in [-0.2, 0) is 17.8 Å². The summed E-state index contributed by atoms with van der Waals surface area (Å²) in [6.07, 6.45) is 4.62. The van der Waals surface area contributed by atoms with Crippen LogP contribution in [0.4, 0.5) is 5.13 Å². The van der Waals surface area contributed by atoms with Crippen LogP contribution in [-0.4, -0.2) is 31.4 Å². The lowest BCUT2D eigenvalue weighted by atomic mass is 10.1. The molecule has 4 aromatic rings. The van der Waals surface area contributed by atoms with E-state index in [1.54, 1.807) is 6.20 Å². The van der Waals surface area contributed by atoms with Crippen LogP contribution in [0.25, 0.3) is 11.4 Å². The van der Waals surface area contributed by atoms with Crippen LogP contribution in [0.1, 0.15) is 16.9 Å². The van der Waals surface area contributed by atoms with E-state index in [0.29, 0.717) is 30.3 Å². The molecule has 0 saturated carbocycles. The van der Waals surface area contributed by atoms with E-state index < -0.39 is 0 Å². The Morgan fingerprint density at radius 1 is 1.15 bits per heavy atom. The van der Waals surface area contributed by atoms with Gasteiger partial charge in [-0.1, -0.05) is 78.0 Å². The summed E-state index contributed by atoms with van der Waals surface area (Å²) in [5.41, 5.74) is 2.03. The summed E-state index contributed by atoms with van der Waals surface area (Å²) in [4.78, 5) is 17.8. The number of amides is 1. The molecule has 0 saturated heterocycles. The fourth-order valence-corrected chi connectivity index (χ4v) is 5.12. The number of nitrogens with one attached hydrogen (secondary N) is 1. The molecule has 2 aromatic carbocycles. The van der Waals surface area contributed by atoms with Gasteiger partial charge >= 0.3 is 0 Å². The van der Waals surface area contributed by atoms with Gasteiger partial charge in [-0.15, -0.1) is 28.1 Å². The topological polar surface area (TPSA) is 72.7 Å². The molecule has 0 radical (unpaired) electrons. The SMILES string of the molecule is C=CCn1c(SCCC(=O)Nc2ncc(Cc3ccccc3Cl)s2)nnc1-c1ccccc1. The van der Waals surface area contributed by atoms with Crippen molar-refractivity contribution >= 4 is 45.7 Å². The zero-order valence-electron chi connectivity index (χ0n) is 17.8. The number of thioether (sulfide) groups is 1. The van der Waals surface area contributed by atoms with Gasteiger partial charge in [0.1, 0.15) is 0 Å². The number of anilines is 1. The Bertz CT molecular complexity index is 1240. The number of carbonyl (C=O) groups excluding carboxylic acids is 1. The summed E-state index contributed by atoms with van der Waals surface area (Å²) in [6, 6.07) is 17.6. The molecule has 0 unspecified atom stereocenters. The van der Waals surface area contributed by atoms with Gasteiger partial charge in [0.2, 0.25) is 5.91 Å². The van der Waals surface area contributed by atoms with Gasteiger partial charge in [-0.2, -0.15) is 0 Å². The van der Waals surface area contributed by atoms with Crippen LogP contribution in [0.3, 0.4) is 0 Å². The third-order valence-electron chi connectivity index (χ3n) is 4.74. The van der Waals surface area contributed by atoms with Crippen LogP contribution >= 0.6 is 34.7 Å². The molecule has 33 heavy (non-hydrogen) atoms. The Labute approximate surface area is 205 Å². The second kappa shape index (κ2) is 11.3. The summed E-state index contributed by atoms with van der Waals surface area (Å²) >= 11 is 9.19. The van der Waals surface area contributed by atoms with Crippen molar-refractivity contribution in [3.05, 3.63) is 88.9 Å². The number of aromatic nitrogens is 4.